The molecule has 96 valence electrons. The van der Waals surface area contributed by atoms with Crippen molar-refractivity contribution in [2.75, 3.05) is 13.1 Å². The zero-order valence-corrected chi connectivity index (χ0v) is 12.3. The Hall–Kier alpha value is -1.18. The Bertz CT molecular complexity index is 451. The van der Waals surface area contributed by atoms with Gasteiger partial charge < -0.3 is 0 Å². The number of hydrogen-bond acceptors (Lipinski definition) is 3. The summed E-state index contributed by atoms with van der Waals surface area (Å²) in [5.74, 6) is 0.0861. The Kier molecular flexibility index (Phi) is 6.03. The van der Waals surface area contributed by atoms with Crippen LogP contribution < -0.4 is 0 Å². The number of nitriles is 1. The molecule has 0 unspecified atom stereocenters. The molecule has 0 aliphatic heterocycles. The summed E-state index contributed by atoms with van der Waals surface area (Å²) in [6.07, 6.45) is 0.448. The van der Waals surface area contributed by atoms with Crippen molar-refractivity contribution < 1.29 is 4.79 Å². The van der Waals surface area contributed by atoms with Crippen molar-refractivity contribution in [2.24, 2.45) is 0 Å². The molecule has 3 nitrogen and oxygen atoms in total. The van der Waals surface area contributed by atoms with E-state index < -0.39 is 0 Å². The fraction of sp³-hybridized carbons (Fsp3) is 0.429. The largest absolute Gasteiger partial charge is 0.293 e. The first kappa shape index (κ1) is 14.9. The minimum atomic E-state index is 0.0861. The van der Waals surface area contributed by atoms with E-state index in [1.54, 1.807) is 0 Å². The normalized spacial score (nSPS) is 10.7. The van der Waals surface area contributed by atoms with Gasteiger partial charge in [-0.15, -0.1) is 0 Å². The smallest absolute Gasteiger partial charge is 0.176 e. The van der Waals surface area contributed by atoms with Crippen LogP contribution in [0.15, 0.2) is 28.7 Å². The fourth-order valence-electron chi connectivity index (χ4n) is 1.65. The molecule has 0 aliphatic carbocycles. The monoisotopic (exact) mass is 308 g/mol. The van der Waals surface area contributed by atoms with E-state index >= 15 is 0 Å². The highest BCUT2D eigenvalue weighted by molar-refractivity contribution is 9.10. The molecule has 1 aromatic rings. The second-order valence-electron chi connectivity index (χ2n) is 4.41. The molecule has 0 bridgehead atoms. The summed E-state index contributed by atoms with van der Waals surface area (Å²) in [6.45, 7) is 5.06. The molecule has 4 heteroatoms. The molecule has 18 heavy (non-hydrogen) atoms. The lowest BCUT2D eigenvalue weighted by Gasteiger charge is -2.24. The number of hydrogen-bond donors (Lipinski definition) is 0. The lowest BCUT2D eigenvalue weighted by molar-refractivity contribution is 0.0908. The molecule has 0 aromatic heterocycles. The van der Waals surface area contributed by atoms with Gasteiger partial charge in [0.15, 0.2) is 5.78 Å². The first-order valence-corrected chi connectivity index (χ1v) is 6.73. The van der Waals surface area contributed by atoms with Gasteiger partial charge >= 0.3 is 0 Å². The molecule has 0 saturated carbocycles. The Balaban J connectivity index is 2.69. The van der Waals surface area contributed by atoms with Gasteiger partial charge in [0.2, 0.25) is 0 Å². The van der Waals surface area contributed by atoms with Gasteiger partial charge in [0.25, 0.3) is 0 Å². The molecule has 0 aliphatic rings. The van der Waals surface area contributed by atoms with Gasteiger partial charge in [0.1, 0.15) is 0 Å². The minimum Gasteiger partial charge on any atom is -0.293 e. The van der Waals surface area contributed by atoms with Crippen LogP contribution >= 0.6 is 15.9 Å². The van der Waals surface area contributed by atoms with E-state index in [0.29, 0.717) is 25.1 Å². The van der Waals surface area contributed by atoms with Gasteiger partial charge in [-0.1, -0.05) is 28.1 Å². The predicted molar refractivity (Wildman–Crippen MR) is 75.4 cm³/mol. The van der Waals surface area contributed by atoms with Crippen LogP contribution in [0.5, 0.6) is 0 Å². The summed E-state index contributed by atoms with van der Waals surface area (Å²) in [5.41, 5.74) is 0.701. The topological polar surface area (TPSA) is 44.1 Å². The molecule has 0 radical (unpaired) electrons. The van der Waals surface area contributed by atoms with Crippen LogP contribution in [0.1, 0.15) is 30.6 Å². The van der Waals surface area contributed by atoms with E-state index in [1.165, 1.54) is 0 Å². The molecule has 0 atom stereocenters. The predicted octanol–water partition coefficient (Wildman–Crippen LogP) is 3.26. The highest BCUT2D eigenvalue weighted by Crippen LogP contribution is 2.13. The third kappa shape index (κ3) is 4.59. The number of carbonyl (C=O) groups is 1. The van der Waals surface area contributed by atoms with Gasteiger partial charge in [-0.3, -0.25) is 9.69 Å². The van der Waals surface area contributed by atoms with Crippen molar-refractivity contribution >= 4 is 21.7 Å². The summed E-state index contributed by atoms with van der Waals surface area (Å²) in [7, 11) is 0. The Morgan fingerprint density at radius 1 is 1.50 bits per heavy atom. The number of Topliss-reactive ketones (excluding diaryl/α,β-unsaturated/α-hetero) is 1. The fourth-order valence-corrected chi connectivity index (χ4v) is 2.05. The summed E-state index contributed by atoms with van der Waals surface area (Å²) in [6, 6.07) is 9.76. The van der Waals surface area contributed by atoms with Crippen LogP contribution in [0.4, 0.5) is 0 Å². The van der Waals surface area contributed by atoms with Crippen LogP contribution in [0.2, 0.25) is 0 Å². The molecular weight excluding hydrogens is 292 g/mol. The zero-order chi connectivity index (χ0) is 13.5. The summed E-state index contributed by atoms with van der Waals surface area (Å²) >= 11 is 3.36. The minimum absolute atomic E-state index is 0.0861. The maximum atomic E-state index is 12.1. The van der Waals surface area contributed by atoms with E-state index in [-0.39, 0.29) is 11.8 Å². The van der Waals surface area contributed by atoms with Gasteiger partial charge in [-0.2, -0.15) is 5.26 Å². The average Bonchev–Trinajstić information content (AvgIpc) is 2.33. The lowest BCUT2D eigenvalue weighted by Crippen LogP contribution is -2.36. The van der Waals surface area contributed by atoms with E-state index in [9.17, 15) is 4.79 Å². The van der Waals surface area contributed by atoms with Crippen LogP contribution in [-0.2, 0) is 0 Å². The Morgan fingerprint density at radius 2 is 2.22 bits per heavy atom. The summed E-state index contributed by atoms with van der Waals surface area (Å²) < 4.78 is 0.904. The summed E-state index contributed by atoms with van der Waals surface area (Å²) in [5, 5.41) is 8.62. The number of rotatable bonds is 6. The van der Waals surface area contributed by atoms with Gasteiger partial charge in [0.05, 0.1) is 12.6 Å². The highest BCUT2D eigenvalue weighted by atomic mass is 79.9. The molecule has 0 heterocycles. The van der Waals surface area contributed by atoms with Gasteiger partial charge in [-0.05, 0) is 26.0 Å². The van der Waals surface area contributed by atoms with Gasteiger partial charge in [-0.25, -0.2) is 0 Å². The Labute approximate surface area is 117 Å². The number of benzene rings is 1. The van der Waals surface area contributed by atoms with E-state index in [1.807, 2.05) is 43.0 Å². The van der Waals surface area contributed by atoms with E-state index in [2.05, 4.69) is 22.0 Å². The zero-order valence-electron chi connectivity index (χ0n) is 10.7. The number of ketones is 1. The Morgan fingerprint density at radius 3 is 2.78 bits per heavy atom. The molecule has 0 saturated heterocycles. The van der Waals surface area contributed by atoms with Crippen molar-refractivity contribution in [1.82, 2.24) is 4.90 Å². The van der Waals surface area contributed by atoms with Crippen LogP contribution in [0.3, 0.4) is 0 Å². The third-order valence-electron chi connectivity index (χ3n) is 2.73. The SMILES string of the molecule is CC(C)N(CCC#N)CC(=O)c1cccc(Br)c1. The molecule has 0 spiro atoms. The van der Waals surface area contributed by atoms with E-state index in [0.717, 1.165) is 4.47 Å². The van der Waals surface area contributed by atoms with Crippen LogP contribution in [0.25, 0.3) is 0 Å². The molecule has 0 fully saturated rings. The first-order valence-electron chi connectivity index (χ1n) is 5.94. The van der Waals surface area contributed by atoms with Gasteiger partial charge in [0, 0.05) is 29.0 Å². The second kappa shape index (κ2) is 7.30. The van der Waals surface area contributed by atoms with Crippen LogP contribution in [-0.4, -0.2) is 29.8 Å². The molecule has 1 aromatic carbocycles. The first-order chi connectivity index (χ1) is 8.54. The van der Waals surface area contributed by atoms with Crippen molar-refractivity contribution in [3.63, 3.8) is 0 Å². The van der Waals surface area contributed by atoms with Crippen LogP contribution in [0, 0.1) is 11.3 Å². The second-order valence-corrected chi connectivity index (χ2v) is 5.32. The molecule has 1 rings (SSSR count). The lowest BCUT2D eigenvalue weighted by atomic mass is 10.1. The highest BCUT2D eigenvalue weighted by Gasteiger charge is 2.15. The molecular formula is C14H17BrN2O. The summed E-state index contributed by atoms with van der Waals surface area (Å²) in [4.78, 5) is 14.1. The van der Waals surface area contributed by atoms with Crippen molar-refractivity contribution in [3.05, 3.63) is 34.3 Å². The van der Waals surface area contributed by atoms with Crippen molar-refractivity contribution in [1.29, 1.82) is 5.26 Å². The maximum absolute atomic E-state index is 12.1. The number of nitrogens with zero attached hydrogens (tertiary/aromatic N) is 2. The molecule has 0 amide bonds. The van der Waals surface area contributed by atoms with E-state index in [4.69, 9.17) is 5.26 Å². The quantitative estimate of drug-likeness (QED) is 0.758. The number of halogens is 1. The molecule has 0 N–H and O–H groups in total. The maximum Gasteiger partial charge on any atom is 0.176 e. The third-order valence-corrected chi connectivity index (χ3v) is 3.23. The van der Waals surface area contributed by atoms with Crippen molar-refractivity contribution in [3.8, 4) is 6.07 Å². The standard InChI is InChI=1S/C14H17BrN2O/c1-11(2)17(8-4-7-16)10-14(18)12-5-3-6-13(15)9-12/h3,5-6,9,11H,4,8,10H2,1-2H3. The average molecular weight is 309 g/mol. The number of carbonyl (C=O) groups excluding carboxylic acids is 1. The van der Waals surface area contributed by atoms with Crippen molar-refractivity contribution in [2.45, 2.75) is 26.3 Å².